The molecule has 0 radical (unpaired) electrons. The smallest absolute Gasteiger partial charge is 0.308 e. The fourth-order valence-electron chi connectivity index (χ4n) is 2.06. The predicted molar refractivity (Wildman–Crippen MR) is 64.5 cm³/mol. The van der Waals surface area contributed by atoms with E-state index in [9.17, 15) is 9.59 Å². The molecule has 5 nitrogen and oxygen atoms in total. The first-order chi connectivity index (χ1) is 8.19. The molecule has 5 heteroatoms. The maximum absolute atomic E-state index is 11.8. The van der Waals surface area contributed by atoms with Crippen LogP contribution in [0.15, 0.2) is 0 Å². The summed E-state index contributed by atoms with van der Waals surface area (Å²) >= 11 is 0. The fraction of sp³-hybridized carbons (Fsp3) is 0.833. The molecule has 1 rings (SSSR count). The number of hydrogen-bond acceptors (Lipinski definition) is 4. The lowest BCUT2D eigenvalue weighted by Gasteiger charge is -2.30. The Labute approximate surface area is 102 Å². The minimum absolute atomic E-state index is 0.0298. The summed E-state index contributed by atoms with van der Waals surface area (Å²) in [5, 5.41) is 3.13. The van der Waals surface area contributed by atoms with Crippen LogP contribution >= 0.6 is 0 Å². The van der Waals surface area contributed by atoms with Gasteiger partial charge in [-0.15, -0.1) is 0 Å². The van der Waals surface area contributed by atoms with Gasteiger partial charge in [0.25, 0.3) is 0 Å². The van der Waals surface area contributed by atoms with Crippen molar-refractivity contribution in [3.63, 3.8) is 0 Å². The van der Waals surface area contributed by atoms with Crippen LogP contribution in [0.5, 0.6) is 0 Å². The minimum Gasteiger partial charge on any atom is -0.469 e. The maximum Gasteiger partial charge on any atom is 0.308 e. The zero-order chi connectivity index (χ0) is 12.7. The minimum atomic E-state index is -0.148. The maximum atomic E-state index is 11.8. The second-order valence-corrected chi connectivity index (χ2v) is 4.28. The molecule has 1 heterocycles. The van der Waals surface area contributed by atoms with E-state index in [1.54, 1.807) is 0 Å². The van der Waals surface area contributed by atoms with E-state index in [4.69, 9.17) is 4.74 Å². The van der Waals surface area contributed by atoms with Gasteiger partial charge >= 0.3 is 5.97 Å². The summed E-state index contributed by atoms with van der Waals surface area (Å²) in [5.41, 5.74) is 0. The van der Waals surface area contributed by atoms with E-state index in [1.165, 1.54) is 7.11 Å². The van der Waals surface area contributed by atoms with Crippen molar-refractivity contribution in [3.05, 3.63) is 0 Å². The number of esters is 1. The van der Waals surface area contributed by atoms with E-state index in [0.717, 1.165) is 25.9 Å². The molecule has 0 bridgehead atoms. The zero-order valence-corrected chi connectivity index (χ0v) is 10.7. The molecule has 0 aromatic heterocycles. The van der Waals surface area contributed by atoms with Gasteiger partial charge in [0.15, 0.2) is 0 Å². The molecule has 1 saturated heterocycles. The van der Waals surface area contributed by atoms with Crippen LogP contribution < -0.4 is 5.32 Å². The number of rotatable bonds is 5. The molecule has 0 spiro atoms. The van der Waals surface area contributed by atoms with Gasteiger partial charge < -0.3 is 15.0 Å². The van der Waals surface area contributed by atoms with Gasteiger partial charge in [0, 0.05) is 26.1 Å². The predicted octanol–water partition coefficient (Wildman–Crippen LogP) is 0.398. The Morgan fingerprint density at radius 3 is 2.53 bits per heavy atom. The second-order valence-electron chi connectivity index (χ2n) is 4.28. The Kier molecular flexibility index (Phi) is 5.97. The topological polar surface area (TPSA) is 58.6 Å². The number of likely N-dealkylation sites (tertiary alicyclic amines) is 1. The standard InChI is InChI=1S/C12H22N2O3/c1-3-13-7-4-11(15)14-8-5-10(6-9-14)12(16)17-2/h10,13H,3-9H2,1-2H3. The summed E-state index contributed by atoms with van der Waals surface area (Å²) in [5.74, 6) is -0.00293. The van der Waals surface area contributed by atoms with Crippen molar-refractivity contribution in [2.24, 2.45) is 5.92 Å². The van der Waals surface area contributed by atoms with Crippen LogP contribution in [0.2, 0.25) is 0 Å². The Hall–Kier alpha value is -1.10. The SMILES string of the molecule is CCNCCC(=O)N1CCC(C(=O)OC)CC1. The number of amides is 1. The van der Waals surface area contributed by atoms with Gasteiger partial charge in [-0.25, -0.2) is 0 Å². The van der Waals surface area contributed by atoms with Crippen molar-refractivity contribution in [3.8, 4) is 0 Å². The van der Waals surface area contributed by atoms with Gasteiger partial charge in [0.05, 0.1) is 13.0 Å². The fourth-order valence-corrected chi connectivity index (χ4v) is 2.06. The van der Waals surface area contributed by atoms with Gasteiger partial charge in [0.2, 0.25) is 5.91 Å². The summed E-state index contributed by atoms with van der Waals surface area (Å²) in [6.07, 6.45) is 1.98. The Bertz CT molecular complexity index is 260. The highest BCUT2D eigenvalue weighted by Gasteiger charge is 2.27. The van der Waals surface area contributed by atoms with Gasteiger partial charge in [-0.2, -0.15) is 0 Å². The summed E-state index contributed by atoms with van der Waals surface area (Å²) < 4.78 is 4.71. The summed E-state index contributed by atoms with van der Waals surface area (Å²) in [6.45, 7) is 4.98. The second kappa shape index (κ2) is 7.27. The number of carbonyl (C=O) groups is 2. The van der Waals surface area contributed by atoms with Crippen molar-refractivity contribution in [1.29, 1.82) is 0 Å². The summed E-state index contributed by atoms with van der Waals surface area (Å²) in [7, 11) is 1.41. The molecule has 0 unspecified atom stereocenters. The number of nitrogens with zero attached hydrogens (tertiary/aromatic N) is 1. The highest BCUT2D eigenvalue weighted by molar-refractivity contribution is 5.77. The number of ether oxygens (including phenoxy) is 1. The van der Waals surface area contributed by atoms with Crippen molar-refractivity contribution in [1.82, 2.24) is 10.2 Å². The van der Waals surface area contributed by atoms with E-state index < -0.39 is 0 Å². The van der Waals surface area contributed by atoms with Crippen molar-refractivity contribution in [2.45, 2.75) is 26.2 Å². The number of hydrogen-bond donors (Lipinski definition) is 1. The third kappa shape index (κ3) is 4.34. The van der Waals surface area contributed by atoms with E-state index in [1.807, 2.05) is 11.8 Å². The summed E-state index contributed by atoms with van der Waals surface area (Å²) in [6, 6.07) is 0. The van der Waals surface area contributed by atoms with Gasteiger partial charge in [-0.3, -0.25) is 9.59 Å². The molecule has 1 aliphatic heterocycles. The van der Waals surface area contributed by atoms with Crippen molar-refractivity contribution < 1.29 is 14.3 Å². The first-order valence-corrected chi connectivity index (χ1v) is 6.25. The van der Waals surface area contributed by atoms with Gasteiger partial charge in [-0.1, -0.05) is 6.92 Å². The third-order valence-corrected chi connectivity index (χ3v) is 3.15. The number of carbonyl (C=O) groups excluding carboxylic acids is 2. The van der Waals surface area contributed by atoms with E-state index in [0.29, 0.717) is 19.5 Å². The van der Waals surface area contributed by atoms with Crippen LogP contribution in [-0.4, -0.2) is 50.1 Å². The molecule has 0 aliphatic carbocycles. The van der Waals surface area contributed by atoms with Crippen molar-refractivity contribution >= 4 is 11.9 Å². The molecule has 1 fully saturated rings. The molecule has 0 aromatic carbocycles. The molecule has 0 aromatic rings. The normalized spacial score (nSPS) is 16.9. The molecule has 0 saturated carbocycles. The highest BCUT2D eigenvalue weighted by atomic mass is 16.5. The van der Waals surface area contributed by atoms with Crippen LogP contribution in [0.25, 0.3) is 0 Å². The molecular formula is C12H22N2O3. The number of methoxy groups -OCH3 is 1. The first-order valence-electron chi connectivity index (χ1n) is 6.25. The molecule has 98 valence electrons. The molecule has 1 N–H and O–H groups in total. The van der Waals surface area contributed by atoms with Crippen molar-refractivity contribution in [2.75, 3.05) is 33.3 Å². The van der Waals surface area contributed by atoms with E-state index >= 15 is 0 Å². The average Bonchev–Trinajstić information content (AvgIpc) is 2.38. The van der Waals surface area contributed by atoms with Crippen LogP contribution in [-0.2, 0) is 14.3 Å². The molecule has 17 heavy (non-hydrogen) atoms. The third-order valence-electron chi connectivity index (χ3n) is 3.15. The Balaban J connectivity index is 2.26. The first kappa shape index (κ1) is 14.0. The average molecular weight is 242 g/mol. The Morgan fingerprint density at radius 1 is 1.35 bits per heavy atom. The van der Waals surface area contributed by atoms with Crippen LogP contribution in [0, 0.1) is 5.92 Å². The van der Waals surface area contributed by atoms with Gasteiger partial charge in [0.1, 0.15) is 0 Å². The van der Waals surface area contributed by atoms with Crippen LogP contribution in [0.1, 0.15) is 26.2 Å². The molecular weight excluding hydrogens is 220 g/mol. The van der Waals surface area contributed by atoms with E-state index in [2.05, 4.69) is 5.32 Å². The monoisotopic (exact) mass is 242 g/mol. The highest BCUT2D eigenvalue weighted by Crippen LogP contribution is 2.18. The number of piperidine rings is 1. The van der Waals surface area contributed by atoms with E-state index in [-0.39, 0.29) is 17.8 Å². The van der Waals surface area contributed by atoms with Crippen LogP contribution in [0.4, 0.5) is 0 Å². The van der Waals surface area contributed by atoms with Crippen LogP contribution in [0.3, 0.4) is 0 Å². The molecule has 0 atom stereocenters. The summed E-state index contributed by atoms with van der Waals surface area (Å²) in [4.78, 5) is 25.0. The largest absolute Gasteiger partial charge is 0.469 e. The molecule has 1 amide bonds. The lowest BCUT2D eigenvalue weighted by Crippen LogP contribution is -2.41. The zero-order valence-electron chi connectivity index (χ0n) is 10.7. The number of nitrogens with one attached hydrogen (secondary N) is 1. The molecule has 1 aliphatic rings. The van der Waals surface area contributed by atoms with Gasteiger partial charge in [-0.05, 0) is 19.4 Å². The lowest BCUT2D eigenvalue weighted by molar-refractivity contribution is -0.148. The quantitative estimate of drug-likeness (QED) is 0.560. The lowest BCUT2D eigenvalue weighted by atomic mass is 9.97. The Morgan fingerprint density at radius 2 is 2.00 bits per heavy atom.